The lowest BCUT2D eigenvalue weighted by molar-refractivity contribution is -0.149. The van der Waals surface area contributed by atoms with Gasteiger partial charge in [-0.1, -0.05) is 31.5 Å². The fourth-order valence-electron chi connectivity index (χ4n) is 1.88. The molecule has 0 heterocycles. The first kappa shape index (κ1) is 16.7. The van der Waals surface area contributed by atoms with E-state index in [0.717, 1.165) is 5.56 Å². The number of carbonyl (C=O) groups excluding carboxylic acids is 2. The molecule has 114 valence electrons. The van der Waals surface area contributed by atoms with E-state index in [4.69, 9.17) is 0 Å². The lowest BCUT2D eigenvalue weighted by Crippen LogP contribution is -2.56. The molecule has 6 heteroatoms. The number of carboxylic acid groups (broad SMARTS) is 1. The van der Waals surface area contributed by atoms with Crippen LogP contribution in [-0.2, 0) is 14.4 Å². The van der Waals surface area contributed by atoms with Crippen LogP contribution in [0.2, 0.25) is 0 Å². The van der Waals surface area contributed by atoms with E-state index >= 15 is 0 Å². The van der Waals surface area contributed by atoms with E-state index in [1.165, 1.54) is 0 Å². The molecule has 2 amide bonds. The third kappa shape index (κ3) is 4.05. The van der Waals surface area contributed by atoms with E-state index in [2.05, 4.69) is 10.6 Å². The second kappa shape index (κ2) is 6.88. The summed E-state index contributed by atoms with van der Waals surface area (Å²) in [6, 6.07) is 6.94. The number of benzene rings is 1. The van der Waals surface area contributed by atoms with Gasteiger partial charge in [-0.2, -0.15) is 0 Å². The molecule has 0 spiro atoms. The normalized spacial score (nSPS) is 10.8. The summed E-state index contributed by atoms with van der Waals surface area (Å²) in [7, 11) is 0. The highest BCUT2D eigenvalue weighted by molar-refractivity contribution is 6.40. The van der Waals surface area contributed by atoms with Gasteiger partial charge in [0.15, 0.2) is 0 Å². The molecule has 0 aliphatic carbocycles. The molecule has 1 rings (SSSR count). The van der Waals surface area contributed by atoms with Gasteiger partial charge >= 0.3 is 17.8 Å². The molecule has 0 saturated carbocycles. The summed E-state index contributed by atoms with van der Waals surface area (Å²) in [5, 5.41) is 14.0. The quantitative estimate of drug-likeness (QED) is 0.720. The van der Waals surface area contributed by atoms with Gasteiger partial charge in [0.25, 0.3) is 0 Å². The van der Waals surface area contributed by atoms with E-state index in [0.29, 0.717) is 5.69 Å². The Kier molecular flexibility index (Phi) is 5.46. The molecule has 1 aromatic rings. The minimum Gasteiger partial charge on any atom is -0.480 e. The van der Waals surface area contributed by atoms with Crippen LogP contribution in [0.5, 0.6) is 0 Å². The zero-order chi connectivity index (χ0) is 16.0. The summed E-state index contributed by atoms with van der Waals surface area (Å²) in [4.78, 5) is 35.0. The Morgan fingerprint density at radius 1 is 1.05 bits per heavy atom. The summed E-state index contributed by atoms with van der Waals surface area (Å²) < 4.78 is 0. The minimum absolute atomic E-state index is 0.197. The van der Waals surface area contributed by atoms with Crippen LogP contribution in [0.3, 0.4) is 0 Å². The molecule has 3 N–H and O–H groups in total. The van der Waals surface area contributed by atoms with Crippen LogP contribution in [0.1, 0.15) is 32.3 Å². The van der Waals surface area contributed by atoms with Crippen LogP contribution in [-0.4, -0.2) is 28.4 Å². The van der Waals surface area contributed by atoms with Crippen molar-refractivity contribution >= 4 is 23.5 Å². The first-order chi connectivity index (χ1) is 9.84. The lowest BCUT2D eigenvalue weighted by Gasteiger charge is -2.27. The second-order valence-corrected chi connectivity index (χ2v) is 4.87. The highest BCUT2D eigenvalue weighted by Crippen LogP contribution is 2.15. The standard InChI is InChI=1S/C15H20N2O4/c1-4-15(5-2,14(20)21)17-13(19)12(18)16-11-8-6-10(3)7-9-11/h6-9H,4-5H2,1-3H3,(H,16,18)(H,17,19)(H,20,21). The molecular weight excluding hydrogens is 272 g/mol. The van der Waals surface area contributed by atoms with Gasteiger partial charge in [0.05, 0.1) is 0 Å². The molecule has 0 atom stereocenters. The number of carboxylic acids is 1. The van der Waals surface area contributed by atoms with Gasteiger partial charge in [-0.05, 0) is 31.9 Å². The Morgan fingerprint density at radius 3 is 2.00 bits per heavy atom. The second-order valence-electron chi connectivity index (χ2n) is 4.87. The SMILES string of the molecule is CCC(CC)(NC(=O)C(=O)Nc1ccc(C)cc1)C(=O)O. The Labute approximate surface area is 123 Å². The van der Waals surface area contributed by atoms with Gasteiger partial charge in [0, 0.05) is 5.69 Å². The zero-order valence-electron chi connectivity index (χ0n) is 12.4. The molecule has 1 aromatic carbocycles. The Morgan fingerprint density at radius 2 is 1.57 bits per heavy atom. The van der Waals surface area contributed by atoms with E-state index in [1.54, 1.807) is 38.1 Å². The van der Waals surface area contributed by atoms with Crippen LogP contribution in [0.25, 0.3) is 0 Å². The number of nitrogens with one attached hydrogen (secondary N) is 2. The number of rotatable bonds is 5. The van der Waals surface area contributed by atoms with Crippen molar-refractivity contribution in [3.8, 4) is 0 Å². The predicted octanol–water partition coefficient (Wildman–Crippen LogP) is 1.69. The smallest absolute Gasteiger partial charge is 0.329 e. The van der Waals surface area contributed by atoms with Gasteiger partial charge in [0.2, 0.25) is 0 Å². The van der Waals surface area contributed by atoms with Crippen molar-refractivity contribution in [2.45, 2.75) is 39.2 Å². The average Bonchev–Trinajstić information content (AvgIpc) is 2.46. The van der Waals surface area contributed by atoms with Crippen LogP contribution in [0.15, 0.2) is 24.3 Å². The number of carbonyl (C=O) groups is 3. The van der Waals surface area contributed by atoms with E-state index in [9.17, 15) is 19.5 Å². The van der Waals surface area contributed by atoms with Crippen molar-refractivity contribution in [2.24, 2.45) is 0 Å². The molecule has 0 aliphatic rings. The van der Waals surface area contributed by atoms with Gasteiger partial charge in [-0.25, -0.2) is 4.79 Å². The highest BCUT2D eigenvalue weighted by Gasteiger charge is 2.37. The lowest BCUT2D eigenvalue weighted by atomic mass is 9.93. The van der Waals surface area contributed by atoms with Crippen molar-refractivity contribution in [2.75, 3.05) is 5.32 Å². The first-order valence-electron chi connectivity index (χ1n) is 6.78. The Balaban J connectivity index is 2.76. The molecule has 0 bridgehead atoms. The fraction of sp³-hybridized carbons (Fsp3) is 0.400. The van der Waals surface area contributed by atoms with Crippen molar-refractivity contribution in [1.82, 2.24) is 5.32 Å². The van der Waals surface area contributed by atoms with Gasteiger partial charge in [-0.3, -0.25) is 9.59 Å². The van der Waals surface area contributed by atoms with Crippen molar-refractivity contribution in [1.29, 1.82) is 0 Å². The zero-order valence-corrected chi connectivity index (χ0v) is 12.4. The fourth-order valence-corrected chi connectivity index (χ4v) is 1.88. The number of hydrogen-bond acceptors (Lipinski definition) is 3. The largest absolute Gasteiger partial charge is 0.480 e. The van der Waals surface area contributed by atoms with Crippen LogP contribution in [0.4, 0.5) is 5.69 Å². The number of anilines is 1. The van der Waals surface area contributed by atoms with Crippen LogP contribution >= 0.6 is 0 Å². The Bertz CT molecular complexity index is 533. The highest BCUT2D eigenvalue weighted by atomic mass is 16.4. The Hall–Kier alpha value is -2.37. The summed E-state index contributed by atoms with van der Waals surface area (Å²) in [6.45, 7) is 5.20. The summed E-state index contributed by atoms with van der Waals surface area (Å²) >= 11 is 0. The molecule has 0 saturated heterocycles. The first-order valence-corrected chi connectivity index (χ1v) is 6.78. The molecule has 0 unspecified atom stereocenters. The van der Waals surface area contributed by atoms with Gasteiger partial charge in [-0.15, -0.1) is 0 Å². The third-order valence-electron chi connectivity index (χ3n) is 3.48. The van der Waals surface area contributed by atoms with Gasteiger partial charge in [0.1, 0.15) is 5.54 Å². The molecule has 6 nitrogen and oxygen atoms in total. The molecule has 0 radical (unpaired) electrons. The topological polar surface area (TPSA) is 95.5 Å². The maximum absolute atomic E-state index is 11.9. The predicted molar refractivity (Wildman–Crippen MR) is 78.9 cm³/mol. The number of hydrogen-bond donors (Lipinski definition) is 3. The van der Waals surface area contributed by atoms with E-state index in [1.807, 2.05) is 6.92 Å². The molecule has 0 aliphatic heterocycles. The number of aryl methyl sites for hydroxylation is 1. The molecule has 0 fully saturated rings. The maximum atomic E-state index is 11.9. The van der Waals surface area contributed by atoms with Crippen molar-refractivity contribution in [3.63, 3.8) is 0 Å². The van der Waals surface area contributed by atoms with Crippen molar-refractivity contribution < 1.29 is 19.5 Å². The monoisotopic (exact) mass is 292 g/mol. The third-order valence-corrected chi connectivity index (χ3v) is 3.48. The molecule has 21 heavy (non-hydrogen) atoms. The minimum atomic E-state index is -1.41. The molecule has 0 aromatic heterocycles. The van der Waals surface area contributed by atoms with E-state index in [-0.39, 0.29) is 12.8 Å². The number of amides is 2. The van der Waals surface area contributed by atoms with Gasteiger partial charge < -0.3 is 15.7 Å². The molecular formula is C15H20N2O4. The van der Waals surface area contributed by atoms with Crippen LogP contribution in [0, 0.1) is 6.92 Å². The summed E-state index contributed by atoms with van der Waals surface area (Å²) in [6.07, 6.45) is 0.394. The van der Waals surface area contributed by atoms with E-state index < -0.39 is 23.3 Å². The van der Waals surface area contributed by atoms with Crippen molar-refractivity contribution in [3.05, 3.63) is 29.8 Å². The summed E-state index contributed by atoms with van der Waals surface area (Å²) in [5.41, 5.74) is 0.0933. The summed E-state index contributed by atoms with van der Waals surface area (Å²) in [5.74, 6) is -2.99. The maximum Gasteiger partial charge on any atom is 0.329 e. The van der Waals surface area contributed by atoms with Crippen LogP contribution < -0.4 is 10.6 Å². The average molecular weight is 292 g/mol. The number of aliphatic carboxylic acids is 1.